The Morgan fingerprint density at radius 2 is 2.04 bits per heavy atom. The number of urea groups is 1. The van der Waals surface area contributed by atoms with E-state index in [1.807, 2.05) is 0 Å². The fourth-order valence-corrected chi connectivity index (χ4v) is 3.77. The Morgan fingerprint density at radius 3 is 2.70 bits per heavy atom. The number of hydrogen-bond donors (Lipinski definition) is 2. The molecule has 23 heavy (non-hydrogen) atoms. The van der Waals surface area contributed by atoms with Crippen LogP contribution in [0, 0.1) is 12.8 Å². The van der Waals surface area contributed by atoms with Crippen LogP contribution in [0.2, 0.25) is 0 Å². The van der Waals surface area contributed by atoms with Gasteiger partial charge >= 0.3 is 6.03 Å². The lowest BCUT2D eigenvalue weighted by Crippen LogP contribution is -2.39. The Hall–Kier alpha value is -1.60. The number of nitrogens with one attached hydrogen (secondary N) is 1. The molecule has 1 aromatic rings. The number of rotatable bonds is 6. The molecule has 1 fully saturated rings. The van der Waals surface area contributed by atoms with Crippen LogP contribution in [0.3, 0.4) is 0 Å². The van der Waals surface area contributed by atoms with Crippen molar-refractivity contribution in [3.63, 3.8) is 0 Å². The molecule has 1 heterocycles. The summed E-state index contributed by atoms with van der Waals surface area (Å²) in [5.41, 5.74) is 2.50. The molecule has 0 radical (unpaired) electrons. The predicted molar refractivity (Wildman–Crippen MR) is 90.6 cm³/mol. The molecule has 7 heteroatoms. The van der Waals surface area contributed by atoms with Crippen LogP contribution in [0.15, 0.2) is 24.3 Å². The van der Waals surface area contributed by atoms with Gasteiger partial charge in [0.2, 0.25) is 10.0 Å². The lowest BCUT2D eigenvalue weighted by Gasteiger charge is -2.17. The molecule has 0 aromatic heterocycles. The van der Waals surface area contributed by atoms with Crippen molar-refractivity contribution in [2.45, 2.75) is 26.2 Å². The Morgan fingerprint density at radius 1 is 1.35 bits per heavy atom. The van der Waals surface area contributed by atoms with E-state index in [0.29, 0.717) is 26.1 Å². The summed E-state index contributed by atoms with van der Waals surface area (Å²) < 4.78 is 22.2. The van der Waals surface area contributed by atoms with Crippen LogP contribution in [0.1, 0.15) is 24.0 Å². The van der Waals surface area contributed by atoms with E-state index >= 15 is 0 Å². The molecule has 1 aliphatic heterocycles. The molecule has 1 unspecified atom stereocenters. The van der Waals surface area contributed by atoms with E-state index in [4.69, 9.17) is 5.14 Å². The summed E-state index contributed by atoms with van der Waals surface area (Å²) in [5.74, 6) is -0.104. The molecule has 1 aliphatic rings. The first-order valence-electron chi connectivity index (χ1n) is 7.92. The van der Waals surface area contributed by atoms with Crippen LogP contribution in [0.25, 0.3) is 0 Å². The van der Waals surface area contributed by atoms with Gasteiger partial charge in [-0.3, -0.25) is 0 Å². The van der Waals surface area contributed by atoms with E-state index < -0.39 is 10.0 Å². The fraction of sp³-hybridized carbons (Fsp3) is 0.562. The lowest BCUT2D eigenvalue weighted by molar-refractivity contribution is 0.207. The minimum absolute atomic E-state index is 0.0514. The first kappa shape index (κ1) is 17.7. The molecule has 0 saturated carbocycles. The van der Waals surface area contributed by atoms with Crippen molar-refractivity contribution in [1.82, 2.24) is 10.2 Å². The van der Waals surface area contributed by atoms with Crippen molar-refractivity contribution in [2.24, 2.45) is 11.1 Å². The van der Waals surface area contributed by atoms with Gasteiger partial charge in [-0.25, -0.2) is 18.4 Å². The molecule has 128 valence electrons. The Kier molecular flexibility index (Phi) is 6.01. The number of aryl methyl sites for hydroxylation is 2. The summed E-state index contributed by atoms with van der Waals surface area (Å²) >= 11 is 0. The lowest BCUT2D eigenvalue weighted by atomic mass is 10.1. The Bertz CT molecular complexity index is 628. The maximum atomic E-state index is 12.0. The highest BCUT2D eigenvalue weighted by molar-refractivity contribution is 7.89. The van der Waals surface area contributed by atoms with Crippen molar-refractivity contribution in [3.05, 3.63) is 35.4 Å². The maximum absolute atomic E-state index is 12.0. The molecular weight excluding hydrogens is 314 g/mol. The van der Waals surface area contributed by atoms with E-state index in [1.165, 1.54) is 11.1 Å². The zero-order valence-electron chi connectivity index (χ0n) is 13.5. The summed E-state index contributed by atoms with van der Waals surface area (Å²) in [6.45, 7) is 3.72. The number of primary sulfonamides is 1. The van der Waals surface area contributed by atoms with E-state index in [-0.39, 0.29) is 17.7 Å². The molecule has 1 atom stereocenters. The smallest absolute Gasteiger partial charge is 0.317 e. The second-order valence-corrected chi connectivity index (χ2v) is 7.91. The Labute approximate surface area is 138 Å². The molecule has 1 aromatic carbocycles. The van der Waals surface area contributed by atoms with E-state index in [0.717, 1.165) is 12.8 Å². The SMILES string of the molecule is Cc1ccc(CCCNC(=O)N2CCC(CS(N)(=O)=O)C2)cc1. The third-order valence-electron chi connectivity index (χ3n) is 4.08. The fourth-order valence-electron chi connectivity index (χ4n) is 2.84. The summed E-state index contributed by atoms with van der Waals surface area (Å²) in [4.78, 5) is 13.7. The normalized spacial score (nSPS) is 18.2. The second kappa shape index (κ2) is 7.79. The standard InChI is InChI=1S/C16H25N3O3S/c1-13-4-6-14(7-5-13)3-2-9-18-16(20)19-10-8-15(11-19)12-23(17,21)22/h4-7,15H,2-3,8-12H2,1H3,(H,18,20)(H2,17,21,22). The number of carbonyl (C=O) groups excluding carboxylic acids is 1. The van der Waals surface area contributed by atoms with Crippen LogP contribution >= 0.6 is 0 Å². The number of carbonyl (C=O) groups is 1. The molecule has 0 spiro atoms. The van der Waals surface area contributed by atoms with Gasteiger partial charge in [-0.05, 0) is 37.7 Å². The number of nitrogens with two attached hydrogens (primary N) is 1. The minimum atomic E-state index is -3.47. The van der Waals surface area contributed by atoms with Crippen molar-refractivity contribution < 1.29 is 13.2 Å². The predicted octanol–water partition coefficient (Wildman–Crippen LogP) is 1.25. The number of amides is 2. The molecule has 0 aliphatic carbocycles. The number of nitrogens with zero attached hydrogens (tertiary/aromatic N) is 1. The van der Waals surface area contributed by atoms with E-state index in [9.17, 15) is 13.2 Å². The van der Waals surface area contributed by atoms with Gasteiger partial charge in [0, 0.05) is 19.6 Å². The first-order chi connectivity index (χ1) is 10.8. The maximum Gasteiger partial charge on any atom is 0.317 e. The van der Waals surface area contributed by atoms with Crippen molar-refractivity contribution in [1.29, 1.82) is 0 Å². The number of hydrogen-bond acceptors (Lipinski definition) is 3. The highest BCUT2D eigenvalue weighted by Gasteiger charge is 2.28. The van der Waals surface area contributed by atoms with Crippen LogP contribution in [-0.4, -0.2) is 44.7 Å². The van der Waals surface area contributed by atoms with Gasteiger partial charge in [-0.1, -0.05) is 29.8 Å². The molecule has 2 amide bonds. The summed E-state index contributed by atoms with van der Waals surface area (Å²) in [6, 6.07) is 8.27. The summed E-state index contributed by atoms with van der Waals surface area (Å²) in [7, 11) is -3.47. The number of likely N-dealkylation sites (tertiary alicyclic amines) is 1. The quantitative estimate of drug-likeness (QED) is 0.764. The number of sulfonamides is 1. The molecule has 3 N–H and O–H groups in total. The van der Waals surface area contributed by atoms with Crippen molar-refractivity contribution in [2.75, 3.05) is 25.4 Å². The molecule has 6 nitrogen and oxygen atoms in total. The molecular formula is C16H25N3O3S. The third kappa shape index (κ3) is 6.19. The Balaban J connectivity index is 1.66. The third-order valence-corrected chi connectivity index (χ3v) is 5.02. The average Bonchev–Trinajstić information content (AvgIpc) is 2.91. The zero-order valence-corrected chi connectivity index (χ0v) is 14.3. The number of benzene rings is 1. The van der Waals surface area contributed by atoms with Gasteiger partial charge in [0.1, 0.15) is 0 Å². The first-order valence-corrected chi connectivity index (χ1v) is 9.64. The zero-order chi connectivity index (χ0) is 16.9. The highest BCUT2D eigenvalue weighted by Crippen LogP contribution is 2.17. The van der Waals surface area contributed by atoms with Crippen LogP contribution in [0.5, 0.6) is 0 Å². The van der Waals surface area contributed by atoms with E-state index in [1.54, 1.807) is 4.90 Å². The summed E-state index contributed by atoms with van der Waals surface area (Å²) in [5, 5.41) is 7.95. The van der Waals surface area contributed by atoms with Crippen LogP contribution in [-0.2, 0) is 16.4 Å². The molecule has 0 bridgehead atoms. The molecule has 2 rings (SSSR count). The van der Waals surface area contributed by atoms with E-state index in [2.05, 4.69) is 36.5 Å². The van der Waals surface area contributed by atoms with Gasteiger partial charge in [0.25, 0.3) is 0 Å². The van der Waals surface area contributed by atoms with Gasteiger partial charge in [-0.15, -0.1) is 0 Å². The largest absolute Gasteiger partial charge is 0.338 e. The highest BCUT2D eigenvalue weighted by atomic mass is 32.2. The topological polar surface area (TPSA) is 92.5 Å². The summed E-state index contributed by atoms with van der Waals surface area (Å²) in [6.07, 6.45) is 2.49. The van der Waals surface area contributed by atoms with Gasteiger partial charge in [0.05, 0.1) is 5.75 Å². The minimum Gasteiger partial charge on any atom is -0.338 e. The van der Waals surface area contributed by atoms with Crippen LogP contribution in [0.4, 0.5) is 4.79 Å². The van der Waals surface area contributed by atoms with Gasteiger partial charge in [0.15, 0.2) is 0 Å². The van der Waals surface area contributed by atoms with Crippen LogP contribution < -0.4 is 10.5 Å². The average molecular weight is 339 g/mol. The monoisotopic (exact) mass is 339 g/mol. The second-order valence-electron chi connectivity index (χ2n) is 6.25. The van der Waals surface area contributed by atoms with Crippen molar-refractivity contribution in [3.8, 4) is 0 Å². The van der Waals surface area contributed by atoms with Crippen molar-refractivity contribution >= 4 is 16.1 Å². The molecule has 1 saturated heterocycles. The van der Waals surface area contributed by atoms with Gasteiger partial charge in [-0.2, -0.15) is 0 Å². The van der Waals surface area contributed by atoms with Gasteiger partial charge < -0.3 is 10.2 Å².